The highest BCUT2D eigenvalue weighted by atomic mass is 79.9. The highest BCUT2D eigenvalue weighted by Crippen LogP contribution is 2.43. The Bertz CT molecular complexity index is 483. The number of aromatic nitrogens is 2. The van der Waals surface area contributed by atoms with Gasteiger partial charge in [-0.15, -0.1) is 0 Å². The molecule has 20 heavy (non-hydrogen) atoms. The van der Waals surface area contributed by atoms with Crippen molar-refractivity contribution >= 4 is 21.7 Å². The molecule has 1 fully saturated rings. The van der Waals surface area contributed by atoms with Crippen LogP contribution < -0.4 is 10.6 Å². The standard InChI is InChI=1S/C15H25BrN4/c1-15(2,3)11-6-9-18-14-12(16)13(19-20(11)14)10-4-7-17-8-5-10/h10-11,17-18H,4-9H2,1-3H3. The number of hydrogen-bond acceptors (Lipinski definition) is 3. The molecule has 0 saturated carbocycles. The first kappa shape index (κ1) is 14.4. The van der Waals surface area contributed by atoms with Crippen LogP contribution in [0, 0.1) is 5.41 Å². The molecule has 1 atom stereocenters. The molecule has 0 aromatic carbocycles. The van der Waals surface area contributed by atoms with Gasteiger partial charge < -0.3 is 10.6 Å². The molecular formula is C15H25BrN4. The van der Waals surface area contributed by atoms with E-state index in [4.69, 9.17) is 5.10 Å². The van der Waals surface area contributed by atoms with E-state index in [-0.39, 0.29) is 5.41 Å². The average Bonchev–Trinajstić information content (AvgIpc) is 2.76. The van der Waals surface area contributed by atoms with E-state index in [0.717, 1.165) is 26.1 Å². The van der Waals surface area contributed by atoms with Gasteiger partial charge in [-0.1, -0.05) is 20.8 Å². The fraction of sp³-hybridized carbons (Fsp3) is 0.800. The Labute approximate surface area is 129 Å². The summed E-state index contributed by atoms with van der Waals surface area (Å²) >= 11 is 3.80. The Hall–Kier alpha value is -0.550. The van der Waals surface area contributed by atoms with Gasteiger partial charge in [0.15, 0.2) is 0 Å². The zero-order valence-electron chi connectivity index (χ0n) is 12.7. The van der Waals surface area contributed by atoms with E-state index in [9.17, 15) is 0 Å². The average molecular weight is 341 g/mol. The molecule has 3 heterocycles. The van der Waals surface area contributed by atoms with E-state index < -0.39 is 0 Å². The van der Waals surface area contributed by atoms with Crippen LogP contribution in [0.4, 0.5) is 5.82 Å². The number of halogens is 1. The van der Waals surface area contributed by atoms with Gasteiger partial charge in [-0.05, 0) is 53.7 Å². The smallest absolute Gasteiger partial charge is 0.139 e. The van der Waals surface area contributed by atoms with Crippen LogP contribution in [-0.4, -0.2) is 29.4 Å². The quantitative estimate of drug-likeness (QED) is 0.821. The predicted molar refractivity (Wildman–Crippen MR) is 86.4 cm³/mol. The summed E-state index contributed by atoms with van der Waals surface area (Å²) in [7, 11) is 0. The topological polar surface area (TPSA) is 41.9 Å². The largest absolute Gasteiger partial charge is 0.369 e. The van der Waals surface area contributed by atoms with Gasteiger partial charge in [-0.2, -0.15) is 5.10 Å². The second-order valence-electron chi connectivity index (χ2n) is 7.11. The highest BCUT2D eigenvalue weighted by molar-refractivity contribution is 9.10. The Balaban J connectivity index is 1.97. The number of rotatable bonds is 1. The third-order valence-corrected chi connectivity index (χ3v) is 5.39. The third-order valence-electron chi connectivity index (χ3n) is 4.61. The molecule has 1 aromatic rings. The van der Waals surface area contributed by atoms with Crippen LogP contribution >= 0.6 is 15.9 Å². The number of nitrogens with zero attached hydrogens (tertiary/aromatic N) is 2. The lowest BCUT2D eigenvalue weighted by molar-refractivity contribution is 0.209. The zero-order valence-corrected chi connectivity index (χ0v) is 14.3. The van der Waals surface area contributed by atoms with Crippen molar-refractivity contribution in [2.24, 2.45) is 5.41 Å². The Morgan fingerprint density at radius 3 is 2.50 bits per heavy atom. The maximum absolute atomic E-state index is 5.00. The third kappa shape index (κ3) is 2.50. The van der Waals surface area contributed by atoms with Crippen molar-refractivity contribution in [2.45, 2.75) is 52.0 Å². The molecule has 2 aliphatic rings. The van der Waals surface area contributed by atoms with E-state index >= 15 is 0 Å². The maximum atomic E-state index is 5.00. The van der Waals surface area contributed by atoms with Crippen LogP contribution in [0.25, 0.3) is 0 Å². The molecule has 0 spiro atoms. The van der Waals surface area contributed by atoms with E-state index in [0.29, 0.717) is 12.0 Å². The van der Waals surface area contributed by atoms with Crippen molar-refractivity contribution in [3.63, 3.8) is 0 Å². The lowest BCUT2D eigenvalue weighted by Gasteiger charge is -2.35. The molecule has 0 bridgehead atoms. The SMILES string of the molecule is CC(C)(C)C1CCNc2c(Br)c(C3CCNCC3)nn21. The van der Waals surface area contributed by atoms with Gasteiger partial charge in [0.05, 0.1) is 16.2 Å². The zero-order chi connectivity index (χ0) is 14.3. The molecular weight excluding hydrogens is 316 g/mol. The molecule has 0 radical (unpaired) electrons. The van der Waals surface area contributed by atoms with Crippen molar-refractivity contribution in [2.75, 3.05) is 25.0 Å². The molecule has 2 N–H and O–H groups in total. The molecule has 2 aliphatic heterocycles. The van der Waals surface area contributed by atoms with Crippen LogP contribution in [0.3, 0.4) is 0 Å². The minimum Gasteiger partial charge on any atom is -0.369 e. The number of piperidine rings is 1. The van der Waals surface area contributed by atoms with Crippen molar-refractivity contribution in [1.29, 1.82) is 0 Å². The molecule has 0 aliphatic carbocycles. The second-order valence-corrected chi connectivity index (χ2v) is 7.91. The van der Waals surface area contributed by atoms with Crippen molar-refractivity contribution < 1.29 is 0 Å². The number of hydrogen-bond donors (Lipinski definition) is 2. The first-order valence-corrected chi connectivity index (χ1v) is 8.50. The fourth-order valence-electron chi connectivity index (χ4n) is 3.42. The monoisotopic (exact) mass is 340 g/mol. The van der Waals surface area contributed by atoms with Crippen LogP contribution in [0.2, 0.25) is 0 Å². The van der Waals surface area contributed by atoms with Crippen molar-refractivity contribution in [1.82, 2.24) is 15.1 Å². The number of fused-ring (bicyclic) bond motifs is 1. The normalized spacial score (nSPS) is 24.3. The molecule has 1 saturated heterocycles. The van der Waals surface area contributed by atoms with Gasteiger partial charge in [0.25, 0.3) is 0 Å². The van der Waals surface area contributed by atoms with Crippen molar-refractivity contribution in [3.05, 3.63) is 10.2 Å². The summed E-state index contributed by atoms with van der Waals surface area (Å²) in [5.74, 6) is 1.77. The van der Waals surface area contributed by atoms with E-state index in [1.807, 2.05) is 0 Å². The highest BCUT2D eigenvalue weighted by Gasteiger charge is 2.34. The molecule has 4 nitrogen and oxygen atoms in total. The maximum Gasteiger partial charge on any atom is 0.139 e. The van der Waals surface area contributed by atoms with Crippen LogP contribution in [-0.2, 0) is 0 Å². The van der Waals surface area contributed by atoms with Gasteiger partial charge in [-0.3, -0.25) is 0 Å². The lowest BCUT2D eigenvalue weighted by Crippen LogP contribution is -2.32. The Morgan fingerprint density at radius 1 is 1.15 bits per heavy atom. The summed E-state index contributed by atoms with van der Waals surface area (Å²) in [6.07, 6.45) is 3.53. The summed E-state index contributed by atoms with van der Waals surface area (Å²) in [4.78, 5) is 0. The lowest BCUT2D eigenvalue weighted by atomic mass is 9.84. The summed E-state index contributed by atoms with van der Waals surface area (Å²) in [5.41, 5.74) is 1.50. The van der Waals surface area contributed by atoms with E-state index in [2.05, 4.69) is 52.0 Å². The van der Waals surface area contributed by atoms with Crippen molar-refractivity contribution in [3.8, 4) is 0 Å². The van der Waals surface area contributed by atoms with E-state index in [1.54, 1.807) is 0 Å². The molecule has 5 heteroatoms. The molecule has 3 rings (SSSR count). The van der Waals surface area contributed by atoms with Crippen LogP contribution in [0.1, 0.15) is 57.7 Å². The number of anilines is 1. The van der Waals surface area contributed by atoms with Crippen LogP contribution in [0.5, 0.6) is 0 Å². The predicted octanol–water partition coefficient (Wildman–Crippen LogP) is 3.52. The van der Waals surface area contributed by atoms with Gasteiger partial charge in [0, 0.05) is 12.5 Å². The Kier molecular flexibility index (Phi) is 3.84. The Morgan fingerprint density at radius 2 is 1.85 bits per heavy atom. The van der Waals surface area contributed by atoms with Crippen LogP contribution in [0.15, 0.2) is 4.47 Å². The molecule has 0 amide bonds. The summed E-state index contributed by atoms with van der Waals surface area (Å²) in [6.45, 7) is 10.2. The minimum atomic E-state index is 0.244. The van der Waals surface area contributed by atoms with Gasteiger partial charge in [0.2, 0.25) is 0 Å². The minimum absolute atomic E-state index is 0.244. The van der Waals surface area contributed by atoms with Gasteiger partial charge in [0.1, 0.15) is 5.82 Å². The number of nitrogens with one attached hydrogen (secondary N) is 2. The second kappa shape index (κ2) is 5.34. The van der Waals surface area contributed by atoms with Gasteiger partial charge in [-0.25, -0.2) is 4.68 Å². The molecule has 112 valence electrons. The summed E-state index contributed by atoms with van der Waals surface area (Å²) in [6, 6.07) is 0.477. The fourth-order valence-corrected chi connectivity index (χ4v) is 4.15. The summed E-state index contributed by atoms with van der Waals surface area (Å²) < 4.78 is 3.43. The first-order valence-electron chi connectivity index (χ1n) is 7.71. The summed E-state index contributed by atoms with van der Waals surface area (Å²) in [5, 5.41) is 12.0. The first-order chi connectivity index (χ1) is 9.48. The van der Waals surface area contributed by atoms with E-state index in [1.165, 1.54) is 28.8 Å². The molecule has 1 unspecified atom stereocenters. The van der Waals surface area contributed by atoms with Gasteiger partial charge >= 0.3 is 0 Å². The molecule has 1 aromatic heterocycles.